The Balaban J connectivity index is 1.98. The van der Waals surface area contributed by atoms with E-state index in [9.17, 15) is 9.18 Å². The Morgan fingerprint density at radius 1 is 1.47 bits per heavy atom. The first-order valence-corrected chi connectivity index (χ1v) is 5.80. The number of anilines is 1. The standard InChI is InChI=1S/C13H14FN3O2/c1-8-7-12(17-16-8)15-13(18)9(2)19-11-6-4-3-5-10(11)14/h3-7,9H,1-2H3,(H2,15,16,17,18). The Kier molecular flexibility index (Phi) is 3.79. The number of rotatable bonds is 4. The Hall–Kier alpha value is -2.37. The average molecular weight is 263 g/mol. The second-order valence-corrected chi connectivity index (χ2v) is 4.12. The molecule has 2 aromatic rings. The van der Waals surface area contributed by atoms with Gasteiger partial charge < -0.3 is 10.1 Å². The third-order valence-corrected chi connectivity index (χ3v) is 2.47. The summed E-state index contributed by atoms with van der Waals surface area (Å²) in [6, 6.07) is 7.63. The van der Waals surface area contributed by atoms with Crippen LogP contribution in [0.25, 0.3) is 0 Å². The van der Waals surface area contributed by atoms with Crippen LogP contribution in [0.15, 0.2) is 30.3 Å². The van der Waals surface area contributed by atoms with Crippen LogP contribution in [-0.4, -0.2) is 22.2 Å². The van der Waals surface area contributed by atoms with Gasteiger partial charge in [0.25, 0.3) is 5.91 Å². The molecule has 1 atom stereocenters. The molecule has 19 heavy (non-hydrogen) atoms. The fraction of sp³-hybridized carbons (Fsp3) is 0.231. The molecule has 0 saturated carbocycles. The van der Waals surface area contributed by atoms with Crippen molar-refractivity contribution in [3.63, 3.8) is 0 Å². The fourth-order valence-electron chi connectivity index (χ4n) is 1.49. The number of benzene rings is 1. The van der Waals surface area contributed by atoms with E-state index >= 15 is 0 Å². The number of aromatic nitrogens is 2. The number of ether oxygens (including phenoxy) is 1. The summed E-state index contributed by atoms with van der Waals surface area (Å²) in [6.07, 6.45) is -0.825. The highest BCUT2D eigenvalue weighted by molar-refractivity contribution is 5.93. The number of halogens is 1. The van der Waals surface area contributed by atoms with Gasteiger partial charge in [-0.05, 0) is 26.0 Å². The molecular formula is C13H14FN3O2. The molecule has 0 aliphatic carbocycles. The number of aromatic amines is 1. The summed E-state index contributed by atoms with van der Waals surface area (Å²) in [5.74, 6) is -0.442. The summed E-state index contributed by atoms with van der Waals surface area (Å²) >= 11 is 0. The molecule has 1 amide bonds. The van der Waals surface area contributed by atoms with Gasteiger partial charge in [-0.25, -0.2) is 4.39 Å². The van der Waals surface area contributed by atoms with E-state index in [1.807, 2.05) is 6.92 Å². The van der Waals surface area contributed by atoms with Crippen LogP contribution in [0.5, 0.6) is 5.75 Å². The van der Waals surface area contributed by atoms with Crippen molar-refractivity contribution in [3.8, 4) is 5.75 Å². The summed E-state index contributed by atoms with van der Waals surface area (Å²) in [5, 5.41) is 9.16. The molecule has 0 fully saturated rings. The molecule has 5 nitrogen and oxygen atoms in total. The lowest BCUT2D eigenvalue weighted by molar-refractivity contribution is -0.122. The number of para-hydroxylation sites is 1. The van der Waals surface area contributed by atoms with Crippen molar-refractivity contribution in [1.29, 1.82) is 0 Å². The molecule has 0 radical (unpaired) electrons. The van der Waals surface area contributed by atoms with E-state index in [0.29, 0.717) is 5.82 Å². The van der Waals surface area contributed by atoms with Crippen molar-refractivity contribution in [2.24, 2.45) is 0 Å². The van der Waals surface area contributed by atoms with Crippen molar-refractivity contribution in [2.75, 3.05) is 5.32 Å². The lowest BCUT2D eigenvalue weighted by atomic mass is 10.3. The van der Waals surface area contributed by atoms with Crippen LogP contribution in [0, 0.1) is 12.7 Å². The Morgan fingerprint density at radius 3 is 2.84 bits per heavy atom. The van der Waals surface area contributed by atoms with Gasteiger partial charge in [-0.3, -0.25) is 9.89 Å². The monoisotopic (exact) mass is 263 g/mol. The number of hydrogen-bond donors (Lipinski definition) is 2. The third kappa shape index (κ3) is 3.31. The molecular weight excluding hydrogens is 249 g/mol. The van der Waals surface area contributed by atoms with Gasteiger partial charge in [0.05, 0.1) is 0 Å². The maximum Gasteiger partial charge on any atom is 0.266 e. The highest BCUT2D eigenvalue weighted by Crippen LogP contribution is 2.17. The van der Waals surface area contributed by atoms with Gasteiger partial charge in [0.15, 0.2) is 23.5 Å². The van der Waals surface area contributed by atoms with E-state index in [0.717, 1.165) is 5.69 Å². The van der Waals surface area contributed by atoms with E-state index in [2.05, 4.69) is 15.5 Å². The van der Waals surface area contributed by atoms with Gasteiger partial charge in [0.2, 0.25) is 0 Å². The number of H-pyrrole nitrogens is 1. The molecule has 2 rings (SSSR count). The second kappa shape index (κ2) is 5.51. The number of carbonyl (C=O) groups is 1. The van der Waals surface area contributed by atoms with Gasteiger partial charge >= 0.3 is 0 Å². The minimum absolute atomic E-state index is 0.0448. The zero-order valence-electron chi connectivity index (χ0n) is 10.6. The fourth-order valence-corrected chi connectivity index (χ4v) is 1.49. The van der Waals surface area contributed by atoms with Crippen molar-refractivity contribution >= 4 is 11.7 Å². The summed E-state index contributed by atoms with van der Waals surface area (Å²) in [5.41, 5.74) is 0.831. The molecule has 0 saturated heterocycles. The zero-order valence-corrected chi connectivity index (χ0v) is 10.6. The van der Waals surface area contributed by atoms with Crippen LogP contribution in [0.1, 0.15) is 12.6 Å². The van der Waals surface area contributed by atoms with Gasteiger partial charge in [-0.2, -0.15) is 5.10 Å². The molecule has 1 heterocycles. The lowest BCUT2D eigenvalue weighted by Gasteiger charge is -2.14. The van der Waals surface area contributed by atoms with Crippen LogP contribution < -0.4 is 10.1 Å². The Bertz CT molecular complexity index is 583. The van der Waals surface area contributed by atoms with Crippen LogP contribution in [0.3, 0.4) is 0 Å². The van der Waals surface area contributed by atoms with Crippen molar-refractivity contribution < 1.29 is 13.9 Å². The number of amides is 1. The third-order valence-electron chi connectivity index (χ3n) is 2.47. The number of hydrogen-bond acceptors (Lipinski definition) is 3. The Morgan fingerprint density at radius 2 is 2.21 bits per heavy atom. The van der Waals surface area contributed by atoms with Gasteiger partial charge in [-0.1, -0.05) is 12.1 Å². The molecule has 1 aromatic carbocycles. The summed E-state index contributed by atoms with van der Waals surface area (Å²) in [7, 11) is 0. The van der Waals surface area contributed by atoms with Gasteiger partial charge in [-0.15, -0.1) is 0 Å². The maximum atomic E-state index is 13.4. The van der Waals surface area contributed by atoms with Crippen LogP contribution in [0.2, 0.25) is 0 Å². The SMILES string of the molecule is Cc1cc(NC(=O)C(C)Oc2ccccc2F)n[nH]1. The Labute approximate surface area is 109 Å². The average Bonchev–Trinajstić information content (AvgIpc) is 2.77. The van der Waals surface area contributed by atoms with Crippen LogP contribution in [0.4, 0.5) is 10.2 Å². The quantitative estimate of drug-likeness (QED) is 0.889. The van der Waals surface area contributed by atoms with Crippen molar-refractivity contribution in [1.82, 2.24) is 10.2 Å². The van der Waals surface area contributed by atoms with E-state index in [1.165, 1.54) is 12.1 Å². The predicted molar refractivity (Wildman–Crippen MR) is 68.4 cm³/mol. The molecule has 100 valence electrons. The first-order chi connectivity index (χ1) is 9.06. The van der Waals surface area contributed by atoms with E-state index < -0.39 is 17.8 Å². The normalized spacial score (nSPS) is 11.9. The molecule has 1 aromatic heterocycles. The van der Waals surface area contributed by atoms with Gasteiger partial charge in [0, 0.05) is 11.8 Å². The van der Waals surface area contributed by atoms with E-state index in [-0.39, 0.29) is 5.75 Å². The van der Waals surface area contributed by atoms with Crippen molar-refractivity contribution in [2.45, 2.75) is 20.0 Å². The first kappa shape index (κ1) is 13.1. The number of nitrogens with one attached hydrogen (secondary N) is 2. The largest absolute Gasteiger partial charge is 0.478 e. The topological polar surface area (TPSA) is 67.0 Å². The minimum atomic E-state index is -0.825. The molecule has 0 spiro atoms. The number of aryl methyl sites for hydroxylation is 1. The highest BCUT2D eigenvalue weighted by atomic mass is 19.1. The van der Waals surface area contributed by atoms with E-state index in [1.54, 1.807) is 25.1 Å². The summed E-state index contributed by atoms with van der Waals surface area (Å²) < 4.78 is 18.6. The second-order valence-electron chi connectivity index (χ2n) is 4.12. The van der Waals surface area contributed by atoms with Crippen molar-refractivity contribution in [3.05, 3.63) is 41.8 Å². The zero-order chi connectivity index (χ0) is 13.8. The molecule has 0 bridgehead atoms. The van der Waals surface area contributed by atoms with Crippen LogP contribution in [-0.2, 0) is 4.79 Å². The van der Waals surface area contributed by atoms with E-state index in [4.69, 9.17) is 4.74 Å². The minimum Gasteiger partial charge on any atom is -0.478 e. The smallest absolute Gasteiger partial charge is 0.266 e. The molecule has 0 aliphatic rings. The number of nitrogens with zero attached hydrogens (tertiary/aromatic N) is 1. The molecule has 0 aliphatic heterocycles. The first-order valence-electron chi connectivity index (χ1n) is 5.80. The lowest BCUT2D eigenvalue weighted by Crippen LogP contribution is -2.30. The highest BCUT2D eigenvalue weighted by Gasteiger charge is 2.17. The molecule has 1 unspecified atom stereocenters. The number of carbonyl (C=O) groups excluding carboxylic acids is 1. The predicted octanol–water partition coefficient (Wildman–Crippen LogP) is 2.26. The van der Waals surface area contributed by atoms with Crippen LogP contribution >= 0.6 is 0 Å². The maximum absolute atomic E-state index is 13.4. The molecule has 6 heteroatoms. The summed E-state index contributed by atoms with van der Waals surface area (Å²) in [6.45, 7) is 3.36. The summed E-state index contributed by atoms with van der Waals surface area (Å²) in [4.78, 5) is 11.8. The van der Waals surface area contributed by atoms with Gasteiger partial charge in [0.1, 0.15) is 0 Å². The molecule has 2 N–H and O–H groups in total.